The largest absolute Gasteiger partial charge is 0.455 e. The normalized spacial score (nSPS) is 10.0. The maximum absolute atomic E-state index is 10.5. The average Bonchev–Trinajstić information content (AvgIpc) is 2.39. The molecule has 0 unspecified atom stereocenters. The van der Waals surface area contributed by atoms with Gasteiger partial charge in [0.2, 0.25) is 0 Å². The monoisotopic (exact) mass is 253 g/mol. The standard InChI is InChI=1S/C15H27NO2/c1-2-3-4-5-6-7-8-9-10-11-12-13-18-15(17)14-16/h2-13H2,1H3. The number of unbranched alkanes of at least 4 members (excludes halogenated alkanes) is 10. The van der Waals surface area contributed by atoms with Crippen LogP contribution in [0.4, 0.5) is 0 Å². The molecule has 0 aliphatic carbocycles. The van der Waals surface area contributed by atoms with Crippen molar-refractivity contribution in [3.63, 3.8) is 0 Å². The van der Waals surface area contributed by atoms with Gasteiger partial charge in [0.1, 0.15) is 0 Å². The van der Waals surface area contributed by atoms with E-state index in [0.29, 0.717) is 6.61 Å². The van der Waals surface area contributed by atoms with Crippen molar-refractivity contribution >= 4 is 5.97 Å². The van der Waals surface area contributed by atoms with Crippen LogP contribution in [0, 0.1) is 11.3 Å². The molecule has 0 aliphatic rings. The summed E-state index contributed by atoms with van der Waals surface area (Å²) in [4.78, 5) is 10.5. The molecule has 0 heterocycles. The van der Waals surface area contributed by atoms with Crippen LogP contribution in [0.25, 0.3) is 0 Å². The number of carbonyl (C=O) groups is 1. The Hall–Kier alpha value is -1.04. The van der Waals surface area contributed by atoms with Crippen molar-refractivity contribution in [2.24, 2.45) is 0 Å². The molecule has 0 aromatic heterocycles. The second kappa shape index (κ2) is 14.0. The zero-order valence-corrected chi connectivity index (χ0v) is 11.7. The molecule has 0 fully saturated rings. The molecule has 0 N–H and O–H groups in total. The van der Waals surface area contributed by atoms with E-state index in [9.17, 15) is 4.79 Å². The van der Waals surface area contributed by atoms with Crippen LogP contribution in [-0.4, -0.2) is 12.6 Å². The van der Waals surface area contributed by atoms with E-state index in [4.69, 9.17) is 5.26 Å². The van der Waals surface area contributed by atoms with Gasteiger partial charge in [-0.25, -0.2) is 4.79 Å². The summed E-state index contributed by atoms with van der Waals surface area (Å²) in [5.41, 5.74) is 0. The smallest absolute Gasteiger partial charge is 0.411 e. The van der Waals surface area contributed by atoms with Crippen LogP contribution < -0.4 is 0 Å². The van der Waals surface area contributed by atoms with Gasteiger partial charge >= 0.3 is 5.97 Å². The summed E-state index contributed by atoms with van der Waals surface area (Å²) in [6.45, 7) is 2.64. The summed E-state index contributed by atoms with van der Waals surface area (Å²) in [5, 5.41) is 8.19. The number of nitrogens with zero attached hydrogens (tertiary/aromatic N) is 1. The highest BCUT2D eigenvalue weighted by atomic mass is 16.5. The first-order chi connectivity index (χ1) is 8.81. The van der Waals surface area contributed by atoms with Crippen molar-refractivity contribution in [3.8, 4) is 6.07 Å². The minimum atomic E-state index is -0.762. The Labute approximate surface area is 112 Å². The fourth-order valence-electron chi connectivity index (χ4n) is 1.96. The van der Waals surface area contributed by atoms with Gasteiger partial charge < -0.3 is 4.74 Å². The molecule has 0 aromatic carbocycles. The van der Waals surface area contributed by atoms with Gasteiger partial charge in [-0.1, -0.05) is 71.1 Å². The quantitative estimate of drug-likeness (QED) is 0.295. The Morgan fingerprint density at radius 3 is 1.78 bits per heavy atom. The van der Waals surface area contributed by atoms with Crippen LogP contribution >= 0.6 is 0 Å². The molecule has 0 saturated heterocycles. The predicted molar refractivity (Wildman–Crippen MR) is 73.0 cm³/mol. The SMILES string of the molecule is CCCCCCCCCCCCCOC(=O)C#N. The van der Waals surface area contributed by atoms with Gasteiger partial charge in [-0.15, -0.1) is 0 Å². The Morgan fingerprint density at radius 2 is 1.33 bits per heavy atom. The van der Waals surface area contributed by atoms with E-state index in [1.807, 2.05) is 0 Å². The van der Waals surface area contributed by atoms with E-state index in [1.165, 1.54) is 63.9 Å². The minimum Gasteiger partial charge on any atom is -0.455 e. The number of rotatable bonds is 12. The second-order valence-electron chi connectivity index (χ2n) is 4.78. The average molecular weight is 253 g/mol. The zero-order valence-electron chi connectivity index (χ0n) is 11.7. The highest BCUT2D eigenvalue weighted by Gasteiger charge is 1.98. The van der Waals surface area contributed by atoms with Crippen LogP contribution in [0.5, 0.6) is 0 Å². The summed E-state index contributed by atoms with van der Waals surface area (Å²) >= 11 is 0. The molecule has 0 atom stereocenters. The summed E-state index contributed by atoms with van der Waals surface area (Å²) in [5.74, 6) is -0.762. The molecule has 0 aromatic rings. The molecule has 0 amide bonds. The van der Waals surface area contributed by atoms with Gasteiger partial charge in [-0.05, 0) is 6.42 Å². The maximum atomic E-state index is 10.5. The Balaban J connectivity index is 2.99. The summed E-state index contributed by atoms with van der Waals surface area (Å²) in [6, 6.07) is 1.44. The van der Waals surface area contributed by atoms with Crippen LogP contribution in [0.3, 0.4) is 0 Å². The lowest BCUT2D eigenvalue weighted by molar-refractivity contribution is -0.137. The van der Waals surface area contributed by atoms with Crippen molar-refractivity contribution in [1.82, 2.24) is 0 Å². The highest BCUT2D eigenvalue weighted by molar-refractivity contribution is 5.85. The summed E-state index contributed by atoms with van der Waals surface area (Å²) < 4.78 is 4.67. The lowest BCUT2D eigenvalue weighted by Gasteiger charge is -2.02. The summed E-state index contributed by atoms with van der Waals surface area (Å²) in [6.07, 6.45) is 14.0. The minimum absolute atomic E-state index is 0.392. The van der Waals surface area contributed by atoms with Gasteiger partial charge in [-0.2, -0.15) is 5.26 Å². The fourth-order valence-corrected chi connectivity index (χ4v) is 1.96. The molecule has 0 aliphatic heterocycles. The van der Waals surface area contributed by atoms with Crippen LogP contribution in [0.1, 0.15) is 77.6 Å². The molecular weight excluding hydrogens is 226 g/mol. The van der Waals surface area contributed by atoms with Crippen molar-refractivity contribution < 1.29 is 9.53 Å². The topological polar surface area (TPSA) is 50.1 Å². The van der Waals surface area contributed by atoms with E-state index in [0.717, 1.165) is 12.8 Å². The first-order valence-corrected chi connectivity index (χ1v) is 7.38. The highest BCUT2D eigenvalue weighted by Crippen LogP contribution is 2.11. The van der Waals surface area contributed by atoms with Gasteiger partial charge in [0.15, 0.2) is 6.07 Å². The first kappa shape index (κ1) is 17.0. The molecule has 3 nitrogen and oxygen atoms in total. The molecule has 0 saturated carbocycles. The fraction of sp³-hybridized carbons (Fsp3) is 0.867. The number of nitriles is 1. The molecular formula is C15H27NO2. The number of hydrogen-bond donors (Lipinski definition) is 0. The first-order valence-electron chi connectivity index (χ1n) is 7.38. The number of ether oxygens (including phenoxy) is 1. The van der Waals surface area contributed by atoms with Crippen LogP contribution in [0.2, 0.25) is 0 Å². The number of esters is 1. The lowest BCUT2D eigenvalue weighted by atomic mass is 10.1. The van der Waals surface area contributed by atoms with Gasteiger partial charge in [0.05, 0.1) is 6.61 Å². The van der Waals surface area contributed by atoms with Gasteiger partial charge in [0, 0.05) is 0 Å². The summed E-state index contributed by atoms with van der Waals surface area (Å²) in [7, 11) is 0. The third-order valence-corrected chi connectivity index (χ3v) is 3.07. The number of hydrogen-bond acceptors (Lipinski definition) is 3. The number of carbonyl (C=O) groups excluding carboxylic acids is 1. The third-order valence-electron chi connectivity index (χ3n) is 3.07. The van der Waals surface area contributed by atoms with E-state index >= 15 is 0 Å². The van der Waals surface area contributed by atoms with Crippen molar-refractivity contribution in [2.45, 2.75) is 77.6 Å². The molecule has 0 radical (unpaired) electrons. The Kier molecular flexibility index (Phi) is 13.2. The molecule has 0 spiro atoms. The van der Waals surface area contributed by atoms with Gasteiger partial charge in [0.25, 0.3) is 0 Å². The van der Waals surface area contributed by atoms with Crippen molar-refractivity contribution in [2.75, 3.05) is 6.61 Å². The van der Waals surface area contributed by atoms with E-state index in [1.54, 1.807) is 0 Å². The third kappa shape index (κ3) is 13.0. The maximum Gasteiger partial charge on any atom is 0.411 e. The zero-order chi connectivity index (χ0) is 13.5. The second-order valence-corrected chi connectivity index (χ2v) is 4.78. The molecule has 3 heteroatoms. The molecule has 18 heavy (non-hydrogen) atoms. The van der Waals surface area contributed by atoms with Gasteiger partial charge in [-0.3, -0.25) is 0 Å². The van der Waals surface area contributed by atoms with Crippen molar-refractivity contribution in [1.29, 1.82) is 5.26 Å². The van der Waals surface area contributed by atoms with E-state index < -0.39 is 5.97 Å². The Morgan fingerprint density at radius 1 is 0.889 bits per heavy atom. The molecule has 104 valence electrons. The van der Waals surface area contributed by atoms with E-state index in [-0.39, 0.29) is 0 Å². The Bertz CT molecular complexity index is 233. The van der Waals surface area contributed by atoms with E-state index in [2.05, 4.69) is 11.7 Å². The molecule has 0 bridgehead atoms. The van der Waals surface area contributed by atoms with Crippen LogP contribution in [-0.2, 0) is 9.53 Å². The van der Waals surface area contributed by atoms with Crippen molar-refractivity contribution in [3.05, 3.63) is 0 Å². The lowest BCUT2D eigenvalue weighted by Crippen LogP contribution is -2.02. The van der Waals surface area contributed by atoms with Crippen LogP contribution in [0.15, 0.2) is 0 Å². The molecule has 0 rings (SSSR count). The predicted octanol–water partition coefficient (Wildman–Crippen LogP) is 4.36.